The van der Waals surface area contributed by atoms with E-state index in [0.29, 0.717) is 12.0 Å². The van der Waals surface area contributed by atoms with E-state index in [2.05, 4.69) is 10.6 Å². The number of aliphatic carboxylic acids is 1. The number of carboxylic acid groups (broad SMARTS) is 1. The molecular weight excluding hydrogens is 336 g/mol. The predicted molar refractivity (Wildman–Crippen MR) is 96.6 cm³/mol. The number of carbonyl (C=O) groups excluding carboxylic acids is 3. The van der Waals surface area contributed by atoms with E-state index in [1.54, 1.807) is 30.3 Å². The summed E-state index contributed by atoms with van der Waals surface area (Å²) in [4.78, 5) is 48.0. The Morgan fingerprint density at radius 1 is 1.08 bits per heavy atom. The molecule has 0 bridgehead atoms. The van der Waals surface area contributed by atoms with Gasteiger partial charge in [-0.15, -0.1) is 0 Å². The number of benzene rings is 1. The van der Waals surface area contributed by atoms with Crippen LogP contribution in [0.5, 0.6) is 0 Å². The first-order valence-corrected chi connectivity index (χ1v) is 8.46. The van der Waals surface area contributed by atoms with Crippen molar-refractivity contribution in [3.63, 3.8) is 0 Å². The SMILES string of the molecule is CC(C)CC(NC(=O)CNC(=O)c1ccccc1)C(=O)C(C)(C)C(=O)O. The monoisotopic (exact) mass is 362 g/mol. The Labute approximate surface area is 153 Å². The van der Waals surface area contributed by atoms with E-state index in [0.717, 1.165) is 0 Å². The van der Waals surface area contributed by atoms with Gasteiger partial charge in [0.25, 0.3) is 5.91 Å². The van der Waals surface area contributed by atoms with Crippen molar-refractivity contribution >= 4 is 23.6 Å². The second-order valence-corrected chi connectivity index (χ2v) is 7.09. The molecule has 1 atom stereocenters. The smallest absolute Gasteiger partial charge is 0.316 e. The van der Waals surface area contributed by atoms with Crippen LogP contribution in [-0.4, -0.2) is 41.3 Å². The van der Waals surface area contributed by atoms with Gasteiger partial charge < -0.3 is 15.7 Å². The fourth-order valence-electron chi connectivity index (χ4n) is 2.34. The topological polar surface area (TPSA) is 113 Å². The summed E-state index contributed by atoms with van der Waals surface area (Å²) >= 11 is 0. The second kappa shape index (κ2) is 9.12. The van der Waals surface area contributed by atoms with Gasteiger partial charge in [-0.05, 0) is 38.3 Å². The van der Waals surface area contributed by atoms with Gasteiger partial charge >= 0.3 is 5.97 Å². The molecule has 0 aliphatic rings. The minimum atomic E-state index is -1.61. The lowest BCUT2D eigenvalue weighted by Crippen LogP contribution is -2.51. The van der Waals surface area contributed by atoms with Gasteiger partial charge in [0.2, 0.25) is 5.91 Å². The number of Topliss-reactive ketones (excluding diaryl/α,β-unsaturated/α-hetero) is 1. The lowest BCUT2D eigenvalue weighted by atomic mass is 9.82. The Balaban J connectivity index is 2.72. The first-order chi connectivity index (χ1) is 12.1. The summed E-state index contributed by atoms with van der Waals surface area (Å²) < 4.78 is 0. The summed E-state index contributed by atoms with van der Waals surface area (Å²) in [7, 11) is 0. The Morgan fingerprint density at radius 3 is 2.15 bits per heavy atom. The van der Waals surface area contributed by atoms with Crippen molar-refractivity contribution in [2.45, 2.75) is 40.2 Å². The van der Waals surface area contributed by atoms with Crippen molar-refractivity contribution in [1.29, 1.82) is 0 Å². The molecule has 1 aromatic rings. The largest absolute Gasteiger partial charge is 0.481 e. The highest BCUT2D eigenvalue weighted by molar-refractivity contribution is 6.06. The van der Waals surface area contributed by atoms with Crippen LogP contribution >= 0.6 is 0 Å². The number of amides is 2. The molecule has 2 amide bonds. The van der Waals surface area contributed by atoms with Crippen LogP contribution in [0.1, 0.15) is 44.5 Å². The van der Waals surface area contributed by atoms with Crippen LogP contribution in [0.4, 0.5) is 0 Å². The standard InChI is InChI=1S/C19H26N2O5/c1-12(2)10-14(16(23)19(3,4)18(25)26)21-15(22)11-20-17(24)13-8-6-5-7-9-13/h5-9,12,14H,10-11H2,1-4H3,(H,20,24)(H,21,22)(H,25,26). The molecule has 0 saturated carbocycles. The third-order valence-electron chi connectivity index (χ3n) is 3.95. The maximum absolute atomic E-state index is 12.6. The minimum absolute atomic E-state index is 0.0766. The summed E-state index contributed by atoms with van der Waals surface area (Å²) in [5.41, 5.74) is -1.19. The van der Waals surface area contributed by atoms with Gasteiger partial charge in [-0.1, -0.05) is 32.0 Å². The van der Waals surface area contributed by atoms with Crippen LogP contribution in [0.2, 0.25) is 0 Å². The third-order valence-corrected chi connectivity index (χ3v) is 3.95. The van der Waals surface area contributed by atoms with E-state index in [1.165, 1.54) is 13.8 Å². The summed E-state index contributed by atoms with van der Waals surface area (Å²) in [6, 6.07) is 7.50. The first-order valence-electron chi connectivity index (χ1n) is 8.46. The number of rotatable bonds is 9. The molecule has 0 fully saturated rings. The Bertz CT molecular complexity index is 668. The minimum Gasteiger partial charge on any atom is -0.481 e. The Kier molecular flexibility index (Phi) is 7.49. The molecule has 0 heterocycles. The Hall–Kier alpha value is -2.70. The third kappa shape index (κ3) is 5.98. The number of hydrogen-bond acceptors (Lipinski definition) is 4. The van der Waals surface area contributed by atoms with Crippen molar-refractivity contribution in [2.75, 3.05) is 6.54 Å². The number of carbonyl (C=O) groups is 4. The molecule has 0 aromatic heterocycles. The molecule has 0 saturated heterocycles. The average molecular weight is 362 g/mol. The quantitative estimate of drug-likeness (QED) is 0.578. The van der Waals surface area contributed by atoms with Crippen molar-refractivity contribution in [3.05, 3.63) is 35.9 Å². The zero-order valence-electron chi connectivity index (χ0n) is 15.5. The van der Waals surface area contributed by atoms with Crippen molar-refractivity contribution in [3.8, 4) is 0 Å². The fraction of sp³-hybridized carbons (Fsp3) is 0.474. The molecule has 26 heavy (non-hydrogen) atoms. The molecule has 0 spiro atoms. The molecule has 142 valence electrons. The number of carboxylic acids is 1. The van der Waals surface area contributed by atoms with Gasteiger partial charge in [-0.3, -0.25) is 19.2 Å². The van der Waals surface area contributed by atoms with E-state index in [1.807, 2.05) is 13.8 Å². The molecule has 0 aliphatic carbocycles. The zero-order chi connectivity index (χ0) is 19.9. The van der Waals surface area contributed by atoms with Crippen molar-refractivity contribution in [2.24, 2.45) is 11.3 Å². The van der Waals surface area contributed by atoms with Crippen LogP contribution in [0, 0.1) is 11.3 Å². The molecule has 7 heteroatoms. The summed E-state index contributed by atoms with van der Waals surface area (Å²) in [5.74, 6) is -2.69. The maximum atomic E-state index is 12.6. The molecule has 1 rings (SSSR count). The van der Waals surface area contributed by atoms with Gasteiger partial charge in [-0.25, -0.2) is 0 Å². The van der Waals surface area contributed by atoms with Gasteiger partial charge in [0.1, 0.15) is 5.41 Å². The van der Waals surface area contributed by atoms with Crippen LogP contribution in [0.25, 0.3) is 0 Å². The first kappa shape index (κ1) is 21.3. The average Bonchev–Trinajstić information content (AvgIpc) is 2.58. The number of nitrogens with one attached hydrogen (secondary N) is 2. The second-order valence-electron chi connectivity index (χ2n) is 7.09. The molecule has 7 nitrogen and oxygen atoms in total. The van der Waals surface area contributed by atoms with Crippen LogP contribution in [-0.2, 0) is 14.4 Å². The van der Waals surface area contributed by atoms with Crippen molar-refractivity contribution < 1.29 is 24.3 Å². The molecule has 0 radical (unpaired) electrons. The highest BCUT2D eigenvalue weighted by atomic mass is 16.4. The Morgan fingerprint density at radius 2 is 1.65 bits per heavy atom. The van der Waals surface area contributed by atoms with Crippen LogP contribution in [0.15, 0.2) is 30.3 Å². The lowest BCUT2D eigenvalue weighted by Gasteiger charge is -2.26. The molecule has 0 aliphatic heterocycles. The number of hydrogen-bond donors (Lipinski definition) is 3. The van der Waals surface area contributed by atoms with Gasteiger partial charge in [0, 0.05) is 5.56 Å². The van der Waals surface area contributed by atoms with E-state index >= 15 is 0 Å². The highest BCUT2D eigenvalue weighted by Gasteiger charge is 2.40. The maximum Gasteiger partial charge on any atom is 0.316 e. The highest BCUT2D eigenvalue weighted by Crippen LogP contribution is 2.21. The van der Waals surface area contributed by atoms with Gasteiger partial charge in [-0.2, -0.15) is 0 Å². The van der Waals surface area contributed by atoms with E-state index in [9.17, 15) is 24.3 Å². The van der Waals surface area contributed by atoms with Gasteiger partial charge in [0.05, 0.1) is 12.6 Å². The molecular formula is C19H26N2O5. The van der Waals surface area contributed by atoms with E-state index in [4.69, 9.17) is 0 Å². The molecule has 1 unspecified atom stereocenters. The fourth-order valence-corrected chi connectivity index (χ4v) is 2.34. The molecule has 1 aromatic carbocycles. The lowest BCUT2D eigenvalue weighted by molar-refractivity contribution is -0.154. The number of ketones is 1. The van der Waals surface area contributed by atoms with Crippen LogP contribution < -0.4 is 10.6 Å². The summed E-state index contributed by atoms with van der Waals surface area (Å²) in [5, 5.41) is 14.3. The van der Waals surface area contributed by atoms with E-state index < -0.39 is 35.0 Å². The molecule has 3 N–H and O–H groups in total. The van der Waals surface area contributed by atoms with Crippen molar-refractivity contribution in [1.82, 2.24) is 10.6 Å². The van der Waals surface area contributed by atoms with E-state index in [-0.39, 0.29) is 12.5 Å². The summed E-state index contributed by atoms with van der Waals surface area (Å²) in [6.07, 6.45) is 0.313. The van der Waals surface area contributed by atoms with Gasteiger partial charge in [0.15, 0.2) is 5.78 Å². The summed E-state index contributed by atoms with van der Waals surface area (Å²) in [6.45, 7) is 6.07. The zero-order valence-corrected chi connectivity index (χ0v) is 15.5. The van der Waals surface area contributed by atoms with Crippen LogP contribution in [0.3, 0.4) is 0 Å². The normalized spacial score (nSPS) is 12.3. The predicted octanol–water partition coefficient (Wildman–Crippen LogP) is 1.63.